The van der Waals surface area contributed by atoms with E-state index in [0.717, 1.165) is 17.7 Å². The summed E-state index contributed by atoms with van der Waals surface area (Å²) in [6.45, 7) is 7.90. The van der Waals surface area contributed by atoms with Crippen LogP contribution in [0.2, 0.25) is 0 Å². The Hall–Kier alpha value is -1.55. The van der Waals surface area contributed by atoms with Crippen LogP contribution in [0.15, 0.2) is 24.3 Å². The number of para-hydroxylation sites is 1. The second-order valence-corrected chi connectivity index (χ2v) is 6.38. The molecule has 1 aromatic rings. The van der Waals surface area contributed by atoms with Crippen molar-refractivity contribution in [2.45, 2.75) is 51.8 Å². The van der Waals surface area contributed by atoms with E-state index < -0.39 is 12.0 Å². The van der Waals surface area contributed by atoms with Gasteiger partial charge in [0, 0.05) is 18.0 Å². The minimum absolute atomic E-state index is 0.00144. The third kappa shape index (κ3) is 3.12. The van der Waals surface area contributed by atoms with Crippen molar-refractivity contribution in [2.75, 3.05) is 0 Å². The second kappa shape index (κ2) is 5.44. The first-order valence-corrected chi connectivity index (χ1v) is 7.07. The van der Waals surface area contributed by atoms with Crippen molar-refractivity contribution in [2.24, 2.45) is 5.92 Å². The number of benzene rings is 1. The lowest BCUT2D eigenvalue weighted by Crippen LogP contribution is -2.47. The highest BCUT2D eigenvalue weighted by atomic mass is 16.5. The van der Waals surface area contributed by atoms with Gasteiger partial charge >= 0.3 is 5.97 Å². The highest BCUT2D eigenvalue weighted by molar-refractivity contribution is 5.73. The summed E-state index contributed by atoms with van der Waals surface area (Å²) in [5, 5.41) is 12.6. The quantitative estimate of drug-likeness (QED) is 0.888. The smallest absolute Gasteiger partial charge is 0.320 e. The monoisotopic (exact) mass is 277 g/mol. The molecule has 20 heavy (non-hydrogen) atoms. The summed E-state index contributed by atoms with van der Waals surface area (Å²) in [5.41, 5.74) is 0.741. The highest BCUT2D eigenvalue weighted by Gasteiger charge is 2.36. The van der Waals surface area contributed by atoms with Crippen LogP contribution in [0.3, 0.4) is 0 Å². The molecule has 0 saturated carbocycles. The van der Waals surface area contributed by atoms with Crippen molar-refractivity contribution in [3.05, 3.63) is 29.8 Å². The number of rotatable bonds is 4. The van der Waals surface area contributed by atoms with Crippen LogP contribution in [0.5, 0.6) is 5.75 Å². The van der Waals surface area contributed by atoms with Gasteiger partial charge in [0.05, 0.1) is 0 Å². The van der Waals surface area contributed by atoms with Gasteiger partial charge in [-0.05, 0) is 25.8 Å². The molecule has 4 heteroatoms. The Kier molecular flexibility index (Phi) is 4.04. The van der Waals surface area contributed by atoms with Gasteiger partial charge < -0.3 is 9.84 Å². The van der Waals surface area contributed by atoms with Gasteiger partial charge in [0.25, 0.3) is 0 Å². The van der Waals surface area contributed by atoms with Crippen molar-refractivity contribution in [1.82, 2.24) is 5.32 Å². The zero-order valence-electron chi connectivity index (χ0n) is 12.5. The van der Waals surface area contributed by atoms with Crippen molar-refractivity contribution < 1.29 is 14.6 Å². The molecule has 4 nitrogen and oxygen atoms in total. The van der Waals surface area contributed by atoms with Crippen molar-refractivity contribution in [3.63, 3.8) is 0 Å². The van der Waals surface area contributed by atoms with Crippen LogP contribution in [0.1, 0.15) is 45.7 Å². The molecule has 110 valence electrons. The minimum Gasteiger partial charge on any atom is -0.487 e. The Bertz CT molecular complexity index is 496. The number of carboxylic acids is 1. The summed E-state index contributed by atoms with van der Waals surface area (Å²) >= 11 is 0. The molecule has 0 bridgehead atoms. The summed E-state index contributed by atoms with van der Waals surface area (Å²) in [6.07, 6.45) is 0.751. The molecule has 0 radical (unpaired) electrons. The largest absolute Gasteiger partial charge is 0.487 e. The molecule has 1 aliphatic heterocycles. The summed E-state index contributed by atoms with van der Waals surface area (Å²) in [6, 6.07) is 7.28. The molecule has 2 unspecified atom stereocenters. The molecule has 0 spiro atoms. The van der Waals surface area contributed by atoms with Gasteiger partial charge in [0.1, 0.15) is 17.4 Å². The number of aliphatic carboxylic acids is 1. The van der Waals surface area contributed by atoms with E-state index in [1.807, 2.05) is 52.0 Å². The Morgan fingerprint density at radius 1 is 1.40 bits per heavy atom. The Balaban J connectivity index is 2.29. The molecule has 1 aliphatic rings. The van der Waals surface area contributed by atoms with Crippen LogP contribution in [-0.4, -0.2) is 22.7 Å². The average Bonchev–Trinajstić information content (AvgIpc) is 2.33. The fourth-order valence-corrected chi connectivity index (χ4v) is 2.72. The summed E-state index contributed by atoms with van der Waals surface area (Å²) in [4.78, 5) is 11.4. The fraction of sp³-hybridized carbons (Fsp3) is 0.562. The summed E-state index contributed by atoms with van der Waals surface area (Å²) in [7, 11) is 0. The first-order valence-electron chi connectivity index (χ1n) is 7.07. The first kappa shape index (κ1) is 14.9. The van der Waals surface area contributed by atoms with Crippen LogP contribution in [0, 0.1) is 5.92 Å². The van der Waals surface area contributed by atoms with Gasteiger partial charge in [-0.25, -0.2) is 0 Å². The van der Waals surface area contributed by atoms with Crippen LogP contribution in [-0.2, 0) is 4.79 Å². The number of hydrogen-bond donors (Lipinski definition) is 2. The van der Waals surface area contributed by atoms with E-state index >= 15 is 0 Å². The van der Waals surface area contributed by atoms with Crippen LogP contribution in [0.4, 0.5) is 0 Å². The number of fused-ring (bicyclic) bond motifs is 1. The Labute approximate surface area is 120 Å². The van der Waals surface area contributed by atoms with Crippen molar-refractivity contribution >= 4 is 5.97 Å². The number of ether oxygens (including phenoxy) is 1. The first-order chi connectivity index (χ1) is 9.30. The molecule has 0 saturated heterocycles. The van der Waals surface area contributed by atoms with E-state index in [0.29, 0.717) is 0 Å². The molecular formula is C16H23NO3. The maximum absolute atomic E-state index is 11.4. The predicted octanol–water partition coefficient (Wildman–Crippen LogP) is 2.99. The lowest BCUT2D eigenvalue weighted by atomic mass is 9.88. The lowest BCUT2D eigenvalue weighted by Gasteiger charge is -2.39. The number of hydrogen-bond acceptors (Lipinski definition) is 3. The number of carboxylic acid groups (broad SMARTS) is 1. The van der Waals surface area contributed by atoms with Gasteiger partial charge in [-0.15, -0.1) is 0 Å². The topological polar surface area (TPSA) is 58.6 Å². The van der Waals surface area contributed by atoms with Gasteiger partial charge in [-0.1, -0.05) is 32.0 Å². The number of carbonyl (C=O) groups is 1. The Morgan fingerprint density at radius 2 is 2.05 bits per heavy atom. The van der Waals surface area contributed by atoms with E-state index in [-0.39, 0.29) is 17.6 Å². The number of nitrogens with one attached hydrogen (secondary N) is 1. The zero-order chi connectivity index (χ0) is 14.9. The van der Waals surface area contributed by atoms with Gasteiger partial charge in [0.15, 0.2) is 0 Å². The van der Waals surface area contributed by atoms with Gasteiger partial charge in [-0.3, -0.25) is 10.1 Å². The highest BCUT2D eigenvalue weighted by Crippen LogP contribution is 2.39. The van der Waals surface area contributed by atoms with Crippen LogP contribution < -0.4 is 10.1 Å². The second-order valence-electron chi connectivity index (χ2n) is 6.38. The molecule has 0 fully saturated rings. The molecule has 2 atom stereocenters. The van der Waals surface area contributed by atoms with E-state index in [9.17, 15) is 9.90 Å². The SMILES string of the molecule is CC(C)C(NC1CC(C)(C)Oc2ccccc21)C(=O)O. The molecule has 1 heterocycles. The molecule has 1 aromatic carbocycles. The normalized spacial score (nSPS) is 21.9. The zero-order valence-corrected chi connectivity index (χ0v) is 12.5. The van der Waals surface area contributed by atoms with E-state index in [1.165, 1.54) is 0 Å². The maximum atomic E-state index is 11.4. The fourth-order valence-electron chi connectivity index (χ4n) is 2.72. The average molecular weight is 277 g/mol. The third-order valence-electron chi connectivity index (χ3n) is 3.69. The molecule has 2 rings (SSSR count). The third-order valence-corrected chi connectivity index (χ3v) is 3.69. The summed E-state index contributed by atoms with van der Waals surface area (Å²) < 4.78 is 5.96. The summed E-state index contributed by atoms with van der Waals surface area (Å²) in [5.74, 6) is 0.0709. The molecular weight excluding hydrogens is 254 g/mol. The van der Waals surface area contributed by atoms with Gasteiger partial charge in [0.2, 0.25) is 0 Å². The standard InChI is InChI=1S/C16H23NO3/c1-10(2)14(15(18)19)17-12-9-16(3,4)20-13-8-6-5-7-11(12)13/h5-8,10,12,14,17H,9H2,1-4H3,(H,18,19). The molecule has 2 N–H and O–H groups in total. The van der Waals surface area contributed by atoms with Crippen molar-refractivity contribution in [3.8, 4) is 5.75 Å². The van der Waals surface area contributed by atoms with Crippen molar-refractivity contribution in [1.29, 1.82) is 0 Å². The van der Waals surface area contributed by atoms with E-state index in [4.69, 9.17) is 4.74 Å². The maximum Gasteiger partial charge on any atom is 0.320 e. The molecule has 0 aromatic heterocycles. The van der Waals surface area contributed by atoms with Gasteiger partial charge in [-0.2, -0.15) is 0 Å². The van der Waals surface area contributed by atoms with Crippen LogP contribution >= 0.6 is 0 Å². The Morgan fingerprint density at radius 3 is 2.65 bits per heavy atom. The lowest BCUT2D eigenvalue weighted by molar-refractivity contribution is -0.141. The van der Waals surface area contributed by atoms with Crippen LogP contribution in [0.25, 0.3) is 0 Å². The molecule has 0 aliphatic carbocycles. The van der Waals surface area contributed by atoms with E-state index in [1.54, 1.807) is 0 Å². The van der Waals surface area contributed by atoms with E-state index in [2.05, 4.69) is 5.32 Å². The molecule has 0 amide bonds. The predicted molar refractivity (Wildman–Crippen MR) is 77.9 cm³/mol. The minimum atomic E-state index is -0.804.